The van der Waals surface area contributed by atoms with Crippen LogP contribution >= 0.6 is 0 Å². The summed E-state index contributed by atoms with van der Waals surface area (Å²) in [5.74, 6) is -7.75. The van der Waals surface area contributed by atoms with Crippen molar-refractivity contribution in [3.05, 3.63) is 0 Å². The van der Waals surface area contributed by atoms with Gasteiger partial charge in [-0.05, 0) is 19.3 Å². The fourth-order valence-electron chi connectivity index (χ4n) is 2.39. The van der Waals surface area contributed by atoms with Crippen LogP contribution in [0.4, 0.5) is 0 Å². The van der Waals surface area contributed by atoms with Crippen molar-refractivity contribution in [1.29, 1.82) is 0 Å². The van der Waals surface area contributed by atoms with Crippen molar-refractivity contribution in [1.82, 2.24) is 0 Å². The minimum absolute atomic E-state index is 0. The SMILES string of the molecule is O=C(O)C1(C(=O)O)CCCC1(C(=O)O)C(=O)O.[H-].[Na+]. The van der Waals surface area contributed by atoms with E-state index in [9.17, 15) is 19.2 Å². The van der Waals surface area contributed by atoms with Crippen LogP contribution < -0.4 is 29.6 Å². The Kier molecular flexibility index (Phi) is 4.92. The van der Waals surface area contributed by atoms with Crippen LogP contribution in [0.1, 0.15) is 20.7 Å². The van der Waals surface area contributed by atoms with E-state index in [1.54, 1.807) is 0 Å². The summed E-state index contributed by atoms with van der Waals surface area (Å²) >= 11 is 0. The maximum absolute atomic E-state index is 11.1. The van der Waals surface area contributed by atoms with Gasteiger partial charge in [-0.25, -0.2) is 0 Å². The Morgan fingerprint density at radius 2 is 0.944 bits per heavy atom. The fraction of sp³-hybridized carbons (Fsp3) is 0.556. The van der Waals surface area contributed by atoms with Crippen LogP contribution in [0.25, 0.3) is 0 Å². The van der Waals surface area contributed by atoms with Crippen molar-refractivity contribution in [3.8, 4) is 0 Å². The average Bonchev–Trinajstić information content (AvgIpc) is 2.58. The zero-order chi connectivity index (χ0) is 13.4. The predicted molar refractivity (Wildman–Crippen MR) is 50.4 cm³/mol. The van der Waals surface area contributed by atoms with E-state index < -0.39 is 47.5 Å². The van der Waals surface area contributed by atoms with Gasteiger partial charge >= 0.3 is 53.4 Å². The van der Waals surface area contributed by atoms with Crippen molar-refractivity contribution < 1.29 is 70.6 Å². The minimum atomic E-state index is -2.81. The second-order valence-corrected chi connectivity index (χ2v) is 3.88. The molecule has 1 aliphatic carbocycles. The quantitative estimate of drug-likeness (QED) is 0.305. The van der Waals surface area contributed by atoms with Gasteiger partial charge in [-0.2, -0.15) is 0 Å². The Morgan fingerprint density at radius 3 is 1.11 bits per heavy atom. The van der Waals surface area contributed by atoms with Gasteiger partial charge in [0, 0.05) is 0 Å². The van der Waals surface area contributed by atoms with Gasteiger partial charge in [0.15, 0.2) is 10.8 Å². The van der Waals surface area contributed by atoms with Crippen LogP contribution in [0.15, 0.2) is 0 Å². The molecule has 0 aromatic carbocycles. The summed E-state index contributed by atoms with van der Waals surface area (Å²) in [4.78, 5) is 44.3. The molecule has 0 radical (unpaired) electrons. The van der Waals surface area contributed by atoms with Crippen LogP contribution in [0.5, 0.6) is 0 Å². The van der Waals surface area contributed by atoms with Crippen LogP contribution in [0.2, 0.25) is 0 Å². The Morgan fingerprint density at radius 1 is 0.722 bits per heavy atom. The third-order valence-corrected chi connectivity index (χ3v) is 3.29. The number of hydrogen-bond donors (Lipinski definition) is 4. The predicted octanol–water partition coefficient (Wildman–Crippen LogP) is -3.40. The molecule has 4 N–H and O–H groups in total. The molecule has 1 fully saturated rings. The zero-order valence-corrected chi connectivity index (χ0v) is 11.5. The molecule has 0 aromatic rings. The van der Waals surface area contributed by atoms with E-state index in [0.29, 0.717) is 0 Å². The molecular weight excluding hydrogens is 259 g/mol. The van der Waals surface area contributed by atoms with E-state index in [4.69, 9.17) is 20.4 Å². The van der Waals surface area contributed by atoms with Gasteiger partial charge in [0.25, 0.3) is 0 Å². The molecule has 8 nitrogen and oxygen atoms in total. The molecule has 0 saturated heterocycles. The number of aliphatic carboxylic acids is 4. The first-order chi connectivity index (χ1) is 7.73. The maximum Gasteiger partial charge on any atom is 1.00 e. The van der Waals surface area contributed by atoms with E-state index in [0.717, 1.165) is 0 Å². The number of rotatable bonds is 4. The molecule has 0 bridgehead atoms. The van der Waals surface area contributed by atoms with Crippen molar-refractivity contribution in [2.24, 2.45) is 10.8 Å². The number of carbonyl (C=O) groups is 4. The van der Waals surface area contributed by atoms with Gasteiger partial charge in [-0.15, -0.1) is 0 Å². The fourth-order valence-corrected chi connectivity index (χ4v) is 2.39. The van der Waals surface area contributed by atoms with Gasteiger partial charge in [-0.3, -0.25) is 19.2 Å². The van der Waals surface area contributed by atoms with Crippen molar-refractivity contribution in [2.45, 2.75) is 19.3 Å². The molecule has 9 heteroatoms. The third kappa shape index (κ3) is 1.80. The monoisotopic (exact) mass is 270 g/mol. The zero-order valence-electron chi connectivity index (χ0n) is 10.5. The Labute approximate surface area is 124 Å². The molecule has 0 atom stereocenters. The van der Waals surface area contributed by atoms with E-state index in [-0.39, 0.29) is 37.4 Å². The van der Waals surface area contributed by atoms with Gasteiger partial charge in [-0.1, -0.05) is 0 Å². The summed E-state index contributed by atoms with van der Waals surface area (Å²) in [5, 5.41) is 35.8. The van der Waals surface area contributed by atoms with Crippen molar-refractivity contribution >= 4 is 23.9 Å². The molecule has 18 heavy (non-hydrogen) atoms. The van der Waals surface area contributed by atoms with Gasteiger partial charge in [0.1, 0.15) is 0 Å². The number of hydrogen-bond acceptors (Lipinski definition) is 4. The molecule has 0 spiro atoms. The number of carboxylic acid groups (broad SMARTS) is 4. The second kappa shape index (κ2) is 5.25. The van der Waals surface area contributed by atoms with Crippen molar-refractivity contribution in [3.63, 3.8) is 0 Å². The topological polar surface area (TPSA) is 149 Å². The summed E-state index contributed by atoms with van der Waals surface area (Å²) in [6, 6.07) is 0. The first-order valence-corrected chi connectivity index (χ1v) is 4.67. The number of carboxylic acids is 4. The first kappa shape index (κ1) is 16.9. The van der Waals surface area contributed by atoms with Crippen LogP contribution in [0.3, 0.4) is 0 Å². The molecule has 0 aliphatic heterocycles. The third-order valence-electron chi connectivity index (χ3n) is 3.29. The molecule has 96 valence electrons. The molecule has 0 amide bonds. The molecule has 0 heterocycles. The molecule has 0 unspecified atom stereocenters. The summed E-state index contributed by atoms with van der Waals surface area (Å²) < 4.78 is 0. The van der Waals surface area contributed by atoms with E-state index in [1.165, 1.54) is 0 Å². The standard InChI is InChI=1S/C9H10O8.Na.H/c10-4(11)8(5(12)13)2-1-3-9(8,6(14)15)7(16)17;;/h1-3H2,(H,10,11)(H,12,13)(H,14,15)(H,16,17);;/q;+1;-1. The summed E-state index contributed by atoms with van der Waals surface area (Å²) in [7, 11) is 0. The minimum Gasteiger partial charge on any atom is -1.00 e. The molecule has 1 aliphatic rings. The molecule has 0 aromatic heterocycles. The second-order valence-electron chi connectivity index (χ2n) is 3.88. The largest absolute Gasteiger partial charge is 1.00 e. The van der Waals surface area contributed by atoms with Gasteiger partial charge < -0.3 is 21.9 Å². The van der Waals surface area contributed by atoms with Crippen LogP contribution in [-0.4, -0.2) is 44.3 Å². The maximum atomic E-state index is 11.1. The van der Waals surface area contributed by atoms with Crippen LogP contribution in [-0.2, 0) is 19.2 Å². The summed E-state index contributed by atoms with van der Waals surface area (Å²) in [6.07, 6.45) is -1.12. The normalized spacial score (nSPS) is 19.6. The Bertz CT molecular complexity index is 354. The molecule has 1 rings (SSSR count). The smallest absolute Gasteiger partial charge is 1.00 e. The van der Waals surface area contributed by atoms with E-state index in [2.05, 4.69) is 0 Å². The summed E-state index contributed by atoms with van der Waals surface area (Å²) in [6.45, 7) is 0. The van der Waals surface area contributed by atoms with Crippen molar-refractivity contribution in [2.75, 3.05) is 0 Å². The van der Waals surface area contributed by atoms with Gasteiger partial charge in [0.05, 0.1) is 0 Å². The van der Waals surface area contributed by atoms with E-state index in [1.807, 2.05) is 0 Å². The van der Waals surface area contributed by atoms with Crippen LogP contribution in [0, 0.1) is 10.8 Å². The molecule has 1 saturated carbocycles. The Balaban J connectivity index is 0. The van der Waals surface area contributed by atoms with Gasteiger partial charge in [0.2, 0.25) is 0 Å². The first-order valence-electron chi connectivity index (χ1n) is 4.67. The van der Waals surface area contributed by atoms with E-state index >= 15 is 0 Å². The summed E-state index contributed by atoms with van der Waals surface area (Å²) in [5.41, 5.74) is -5.63. The Hall–Kier alpha value is -1.12. The average molecular weight is 270 g/mol. The molecular formula is C9H11NaO8.